The molecule has 0 saturated carbocycles. The predicted molar refractivity (Wildman–Crippen MR) is 110 cm³/mol. The molecule has 0 spiro atoms. The molecule has 0 fully saturated rings. The van der Waals surface area contributed by atoms with E-state index in [9.17, 15) is 9.59 Å². The van der Waals surface area contributed by atoms with Crippen molar-refractivity contribution >= 4 is 24.1 Å². The molecule has 0 saturated heterocycles. The van der Waals surface area contributed by atoms with Crippen LogP contribution in [0.4, 0.5) is 0 Å². The zero-order chi connectivity index (χ0) is 20.2. The fourth-order valence-electron chi connectivity index (χ4n) is 2.48. The van der Waals surface area contributed by atoms with Crippen molar-refractivity contribution in [1.82, 2.24) is 9.88 Å². The minimum atomic E-state index is -0.293. The standard InChI is InChI=1S/C19H24N2O2S.CH2O2/c1-4-14(3)9-7-6-8-10-21-17-13-24-12-15(17)11-16(19(21)23)18(22)20-5-2;2-1-3/h6-9,11H,3-5,10,12-13H2,1-2H3,(H,20,22);1H,(H,2,3)/b8-6+,9-7-;. The van der Waals surface area contributed by atoms with Crippen molar-refractivity contribution in [2.24, 2.45) is 0 Å². The zero-order valence-electron chi connectivity index (χ0n) is 15.7. The highest BCUT2D eigenvalue weighted by molar-refractivity contribution is 7.98. The molecule has 1 amide bonds. The summed E-state index contributed by atoms with van der Waals surface area (Å²) in [5.41, 5.74) is 3.20. The highest BCUT2D eigenvalue weighted by Gasteiger charge is 2.21. The van der Waals surface area contributed by atoms with E-state index >= 15 is 0 Å². The number of pyridine rings is 1. The molecule has 0 aliphatic carbocycles. The number of allylic oxidation sites excluding steroid dienone is 5. The van der Waals surface area contributed by atoms with Crippen LogP contribution in [0.15, 0.2) is 47.3 Å². The smallest absolute Gasteiger partial charge is 0.290 e. The number of amides is 1. The molecule has 0 unspecified atom stereocenters. The van der Waals surface area contributed by atoms with Crippen molar-refractivity contribution < 1.29 is 14.7 Å². The first-order valence-electron chi connectivity index (χ1n) is 8.70. The molecule has 0 atom stereocenters. The molecule has 1 aromatic heterocycles. The van der Waals surface area contributed by atoms with Gasteiger partial charge < -0.3 is 15.0 Å². The van der Waals surface area contributed by atoms with E-state index in [0.717, 1.165) is 34.8 Å². The molecule has 6 nitrogen and oxygen atoms in total. The Hall–Kier alpha value is -2.54. The van der Waals surface area contributed by atoms with Crippen LogP contribution < -0.4 is 10.9 Å². The average Bonchev–Trinajstić information content (AvgIpc) is 3.11. The average molecular weight is 391 g/mol. The lowest BCUT2D eigenvalue weighted by Crippen LogP contribution is -2.34. The third kappa shape index (κ3) is 6.60. The summed E-state index contributed by atoms with van der Waals surface area (Å²) in [6.07, 6.45) is 8.67. The second kappa shape index (κ2) is 12.0. The normalized spacial score (nSPS) is 12.5. The number of hydrogen-bond donors (Lipinski definition) is 2. The number of carbonyl (C=O) groups excluding carboxylic acids is 1. The van der Waals surface area contributed by atoms with Crippen molar-refractivity contribution in [3.8, 4) is 0 Å². The van der Waals surface area contributed by atoms with Crippen LogP contribution >= 0.6 is 11.8 Å². The first-order chi connectivity index (χ1) is 13.0. The maximum atomic E-state index is 12.7. The van der Waals surface area contributed by atoms with Crippen LogP contribution in [0, 0.1) is 0 Å². The summed E-state index contributed by atoms with van der Waals surface area (Å²) in [6, 6.07) is 1.76. The Morgan fingerprint density at radius 1 is 1.37 bits per heavy atom. The second-order valence-electron chi connectivity index (χ2n) is 5.70. The molecule has 2 N–H and O–H groups in total. The van der Waals surface area contributed by atoms with Crippen LogP contribution in [0.2, 0.25) is 0 Å². The van der Waals surface area contributed by atoms with Crippen LogP contribution in [0.1, 0.15) is 41.9 Å². The van der Waals surface area contributed by atoms with E-state index in [-0.39, 0.29) is 23.5 Å². The number of carbonyl (C=O) groups is 2. The minimum Gasteiger partial charge on any atom is -0.483 e. The first-order valence-corrected chi connectivity index (χ1v) is 9.85. The van der Waals surface area contributed by atoms with Crippen LogP contribution in [0.3, 0.4) is 0 Å². The van der Waals surface area contributed by atoms with Crippen molar-refractivity contribution in [3.63, 3.8) is 0 Å². The maximum Gasteiger partial charge on any atom is 0.290 e. The number of nitrogens with one attached hydrogen (secondary N) is 1. The molecule has 0 bridgehead atoms. The zero-order valence-corrected chi connectivity index (χ0v) is 16.6. The number of thioether (sulfide) groups is 1. The Labute approximate surface area is 163 Å². The molecule has 2 rings (SSSR count). The third-order valence-corrected chi connectivity index (χ3v) is 4.88. The van der Waals surface area contributed by atoms with Gasteiger partial charge in [0.15, 0.2) is 0 Å². The van der Waals surface area contributed by atoms with Crippen molar-refractivity contribution in [1.29, 1.82) is 0 Å². The summed E-state index contributed by atoms with van der Waals surface area (Å²) >= 11 is 1.77. The van der Waals surface area contributed by atoms with Gasteiger partial charge in [-0.05, 0) is 25.0 Å². The van der Waals surface area contributed by atoms with Gasteiger partial charge in [0.05, 0.1) is 0 Å². The van der Waals surface area contributed by atoms with E-state index in [4.69, 9.17) is 9.90 Å². The fourth-order valence-corrected chi connectivity index (χ4v) is 3.59. The van der Waals surface area contributed by atoms with Gasteiger partial charge in [-0.25, -0.2) is 0 Å². The molecule has 1 aromatic rings. The van der Waals surface area contributed by atoms with Gasteiger partial charge in [0.2, 0.25) is 0 Å². The Balaban J connectivity index is 0.00000114. The lowest BCUT2D eigenvalue weighted by atomic mass is 10.1. The van der Waals surface area contributed by atoms with E-state index in [1.165, 1.54) is 0 Å². The Morgan fingerprint density at radius 3 is 2.70 bits per heavy atom. The van der Waals surface area contributed by atoms with Crippen molar-refractivity contribution in [2.75, 3.05) is 6.54 Å². The summed E-state index contributed by atoms with van der Waals surface area (Å²) in [5.74, 6) is 1.37. The van der Waals surface area contributed by atoms with Crippen LogP contribution in [0.5, 0.6) is 0 Å². The molecule has 146 valence electrons. The molecular formula is C20H26N2O4S. The van der Waals surface area contributed by atoms with E-state index in [1.807, 2.05) is 31.2 Å². The maximum absolute atomic E-state index is 12.7. The lowest BCUT2D eigenvalue weighted by Gasteiger charge is -2.12. The number of carboxylic acid groups (broad SMARTS) is 1. The Kier molecular flexibility index (Phi) is 9.96. The summed E-state index contributed by atoms with van der Waals surface area (Å²) in [6.45, 7) is 8.55. The SMILES string of the molecule is C=C(/C=C\C=C\Cn1c2c(cc(C(=O)NCC)c1=O)CSC2)CC.O=CO. The monoisotopic (exact) mass is 390 g/mol. The van der Waals surface area contributed by atoms with Gasteiger partial charge in [0.1, 0.15) is 5.56 Å². The van der Waals surface area contributed by atoms with E-state index < -0.39 is 0 Å². The summed E-state index contributed by atoms with van der Waals surface area (Å²) in [7, 11) is 0. The lowest BCUT2D eigenvalue weighted by molar-refractivity contribution is -0.122. The summed E-state index contributed by atoms with van der Waals surface area (Å²) in [4.78, 5) is 33.2. The fraction of sp³-hybridized carbons (Fsp3) is 0.350. The third-order valence-electron chi connectivity index (χ3n) is 3.89. The quantitative estimate of drug-likeness (QED) is 0.552. The van der Waals surface area contributed by atoms with E-state index in [0.29, 0.717) is 13.1 Å². The number of aromatic nitrogens is 1. The van der Waals surface area contributed by atoms with Crippen molar-refractivity contribution in [3.05, 3.63) is 69.7 Å². The first kappa shape index (κ1) is 22.5. The van der Waals surface area contributed by atoms with Gasteiger partial charge in [0.25, 0.3) is 17.9 Å². The summed E-state index contributed by atoms with van der Waals surface area (Å²) in [5, 5.41) is 9.61. The summed E-state index contributed by atoms with van der Waals surface area (Å²) < 4.78 is 1.72. The predicted octanol–water partition coefficient (Wildman–Crippen LogP) is 3.12. The number of rotatable bonds is 7. The molecule has 27 heavy (non-hydrogen) atoms. The molecule has 2 heterocycles. The van der Waals surface area contributed by atoms with Crippen LogP contribution in [0.25, 0.3) is 0 Å². The minimum absolute atomic E-state index is 0.214. The van der Waals surface area contributed by atoms with Gasteiger partial charge in [-0.3, -0.25) is 14.4 Å². The Bertz CT molecular complexity index is 794. The van der Waals surface area contributed by atoms with Crippen LogP contribution in [-0.4, -0.2) is 28.6 Å². The molecular weight excluding hydrogens is 364 g/mol. The number of nitrogens with zero attached hydrogens (tertiary/aromatic N) is 1. The molecule has 1 aliphatic heterocycles. The van der Waals surface area contributed by atoms with E-state index in [2.05, 4.69) is 18.8 Å². The highest BCUT2D eigenvalue weighted by atomic mass is 32.2. The second-order valence-corrected chi connectivity index (χ2v) is 6.69. The largest absolute Gasteiger partial charge is 0.483 e. The van der Waals surface area contributed by atoms with Crippen molar-refractivity contribution in [2.45, 2.75) is 38.3 Å². The number of fused-ring (bicyclic) bond motifs is 1. The molecule has 1 aliphatic rings. The van der Waals surface area contributed by atoms with Gasteiger partial charge in [-0.2, -0.15) is 11.8 Å². The molecule has 0 aromatic carbocycles. The van der Waals surface area contributed by atoms with Crippen LogP contribution in [-0.2, 0) is 22.8 Å². The number of hydrogen-bond acceptors (Lipinski definition) is 4. The van der Waals surface area contributed by atoms with Gasteiger partial charge >= 0.3 is 0 Å². The van der Waals surface area contributed by atoms with Gasteiger partial charge in [-0.15, -0.1) is 0 Å². The van der Waals surface area contributed by atoms with Gasteiger partial charge in [0, 0.05) is 30.3 Å². The van der Waals surface area contributed by atoms with E-state index in [1.54, 1.807) is 22.4 Å². The highest BCUT2D eigenvalue weighted by Crippen LogP contribution is 2.29. The molecule has 0 radical (unpaired) electrons. The topological polar surface area (TPSA) is 88.4 Å². The Morgan fingerprint density at radius 2 is 2.07 bits per heavy atom. The van der Waals surface area contributed by atoms with Gasteiger partial charge in [-0.1, -0.05) is 43.4 Å². The molecule has 7 heteroatoms.